The molecule has 3 aromatic rings. The molecule has 3 heterocycles. The molecule has 3 aromatic heterocycles. The molecule has 114 valence electrons. The van der Waals surface area contributed by atoms with Crippen LogP contribution in [0.5, 0.6) is 0 Å². The second kappa shape index (κ2) is 5.10. The summed E-state index contributed by atoms with van der Waals surface area (Å²) in [5.41, 5.74) is 0.982. The van der Waals surface area contributed by atoms with Crippen molar-refractivity contribution in [3.8, 4) is 11.4 Å². The Balaban J connectivity index is 1.94. The Labute approximate surface area is 124 Å². The van der Waals surface area contributed by atoms with E-state index in [1.54, 1.807) is 4.68 Å². The Kier molecular flexibility index (Phi) is 3.24. The number of nitrogens with zero attached hydrogens (tertiary/aromatic N) is 5. The van der Waals surface area contributed by atoms with Crippen molar-refractivity contribution in [3.05, 3.63) is 50.4 Å². The van der Waals surface area contributed by atoms with Gasteiger partial charge in [-0.05, 0) is 19.9 Å². The zero-order valence-electron chi connectivity index (χ0n) is 12.3. The first-order chi connectivity index (χ1) is 10.4. The van der Waals surface area contributed by atoms with Crippen molar-refractivity contribution in [1.29, 1.82) is 0 Å². The van der Waals surface area contributed by atoms with Gasteiger partial charge in [0.05, 0.1) is 5.69 Å². The predicted octanol–water partition coefficient (Wildman–Crippen LogP) is -0.0148. The first-order valence-electron chi connectivity index (χ1n) is 6.58. The average molecular weight is 302 g/mol. The SMILES string of the molecule is Cc1cc(C)n(Cc2nc(-c3cn(C)c(=O)[nH]c3=O)no2)n1. The largest absolute Gasteiger partial charge is 0.337 e. The van der Waals surface area contributed by atoms with Gasteiger partial charge in [0, 0.05) is 18.9 Å². The van der Waals surface area contributed by atoms with Gasteiger partial charge >= 0.3 is 5.69 Å². The molecular weight excluding hydrogens is 288 g/mol. The number of aromatic amines is 1. The van der Waals surface area contributed by atoms with Gasteiger partial charge in [0.15, 0.2) is 0 Å². The molecule has 0 aliphatic rings. The van der Waals surface area contributed by atoms with E-state index in [1.165, 1.54) is 17.8 Å². The van der Waals surface area contributed by atoms with Crippen LogP contribution >= 0.6 is 0 Å². The van der Waals surface area contributed by atoms with Crippen molar-refractivity contribution >= 4 is 0 Å². The number of hydrogen-bond acceptors (Lipinski definition) is 6. The Bertz CT molecular complexity index is 945. The monoisotopic (exact) mass is 302 g/mol. The molecule has 3 rings (SSSR count). The molecule has 22 heavy (non-hydrogen) atoms. The van der Waals surface area contributed by atoms with Crippen LogP contribution in [0.3, 0.4) is 0 Å². The molecule has 0 fully saturated rings. The van der Waals surface area contributed by atoms with Crippen molar-refractivity contribution < 1.29 is 4.52 Å². The molecule has 0 amide bonds. The Morgan fingerprint density at radius 2 is 2.09 bits per heavy atom. The van der Waals surface area contributed by atoms with Crippen molar-refractivity contribution in [2.75, 3.05) is 0 Å². The topological polar surface area (TPSA) is 112 Å². The van der Waals surface area contributed by atoms with Gasteiger partial charge in [-0.1, -0.05) is 5.16 Å². The van der Waals surface area contributed by atoms with Crippen LogP contribution in [-0.2, 0) is 13.6 Å². The third-order valence-electron chi connectivity index (χ3n) is 3.21. The second-order valence-electron chi connectivity index (χ2n) is 5.01. The standard InChI is InChI=1S/C13H14N6O3/c1-7-4-8(2)19(16-7)6-10-14-11(17-22-10)9-5-18(3)13(21)15-12(9)20/h4-5H,6H2,1-3H3,(H,15,20,21). The lowest BCUT2D eigenvalue weighted by Crippen LogP contribution is -2.28. The molecule has 0 spiro atoms. The maximum atomic E-state index is 11.8. The summed E-state index contributed by atoms with van der Waals surface area (Å²) in [6, 6.07) is 1.94. The summed E-state index contributed by atoms with van der Waals surface area (Å²) in [5, 5.41) is 8.09. The van der Waals surface area contributed by atoms with E-state index in [2.05, 4.69) is 20.2 Å². The van der Waals surface area contributed by atoms with Crippen molar-refractivity contribution in [1.82, 2.24) is 29.5 Å². The van der Waals surface area contributed by atoms with Crippen LogP contribution in [0.2, 0.25) is 0 Å². The fourth-order valence-corrected chi connectivity index (χ4v) is 2.11. The zero-order chi connectivity index (χ0) is 15.9. The van der Waals surface area contributed by atoms with E-state index >= 15 is 0 Å². The van der Waals surface area contributed by atoms with Crippen molar-refractivity contribution in [2.24, 2.45) is 7.05 Å². The van der Waals surface area contributed by atoms with E-state index in [1.807, 2.05) is 19.9 Å². The molecule has 0 radical (unpaired) electrons. The molecule has 1 N–H and O–H groups in total. The Morgan fingerprint density at radius 1 is 1.32 bits per heavy atom. The maximum Gasteiger partial charge on any atom is 0.328 e. The minimum Gasteiger partial charge on any atom is -0.337 e. The summed E-state index contributed by atoms with van der Waals surface area (Å²) in [7, 11) is 1.53. The van der Waals surface area contributed by atoms with Gasteiger partial charge in [-0.3, -0.25) is 14.5 Å². The summed E-state index contributed by atoms with van der Waals surface area (Å²) < 4.78 is 8.13. The van der Waals surface area contributed by atoms with Crippen LogP contribution in [0.1, 0.15) is 17.3 Å². The second-order valence-corrected chi connectivity index (χ2v) is 5.01. The van der Waals surface area contributed by atoms with Crippen molar-refractivity contribution in [3.63, 3.8) is 0 Å². The minimum atomic E-state index is -0.554. The Morgan fingerprint density at radius 3 is 2.77 bits per heavy atom. The third kappa shape index (κ3) is 2.48. The molecule has 0 atom stereocenters. The molecule has 0 aliphatic carbocycles. The smallest absolute Gasteiger partial charge is 0.328 e. The summed E-state index contributed by atoms with van der Waals surface area (Å²) in [4.78, 5) is 29.5. The summed E-state index contributed by atoms with van der Waals surface area (Å²) in [6.45, 7) is 4.14. The molecule has 0 unspecified atom stereocenters. The van der Waals surface area contributed by atoms with Crippen LogP contribution in [0.15, 0.2) is 26.4 Å². The van der Waals surface area contributed by atoms with Crippen LogP contribution < -0.4 is 11.2 Å². The average Bonchev–Trinajstić information content (AvgIpc) is 3.02. The van der Waals surface area contributed by atoms with Gasteiger partial charge in [-0.25, -0.2) is 4.79 Å². The lowest BCUT2D eigenvalue weighted by atomic mass is 10.3. The van der Waals surface area contributed by atoms with Gasteiger partial charge in [-0.2, -0.15) is 10.1 Å². The molecule has 9 heteroatoms. The lowest BCUT2D eigenvalue weighted by Gasteiger charge is -1.99. The highest BCUT2D eigenvalue weighted by atomic mass is 16.5. The lowest BCUT2D eigenvalue weighted by molar-refractivity contribution is 0.364. The van der Waals surface area contributed by atoms with Gasteiger partial charge in [0.1, 0.15) is 12.1 Å². The zero-order valence-corrected chi connectivity index (χ0v) is 12.3. The first kappa shape index (κ1) is 14.0. The Hall–Kier alpha value is -2.97. The fraction of sp³-hybridized carbons (Fsp3) is 0.308. The predicted molar refractivity (Wildman–Crippen MR) is 76.4 cm³/mol. The third-order valence-corrected chi connectivity index (χ3v) is 3.21. The molecule has 0 bridgehead atoms. The number of aryl methyl sites for hydroxylation is 3. The number of nitrogens with one attached hydrogen (secondary N) is 1. The fourth-order valence-electron chi connectivity index (χ4n) is 2.11. The van der Waals surface area contributed by atoms with E-state index in [-0.39, 0.29) is 11.4 Å². The molecule has 0 saturated heterocycles. The normalized spacial score (nSPS) is 11.0. The van der Waals surface area contributed by atoms with E-state index < -0.39 is 11.2 Å². The number of rotatable bonds is 3. The highest BCUT2D eigenvalue weighted by Crippen LogP contribution is 2.11. The molecule has 0 aromatic carbocycles. The van der Waals surface area contributed by atoms with Crippen LogP contribution in [-0.4, -0.2) is 29.5 Å². The molecular formula is C13H14N6O3. The minimum absolute atomic E-state index is 0.133. The highest BCUT2D eigenvalue weighted by Gasteiger charge is 2.14. The summed E-state index contributed by atoms with van der Waals surface area (Å²) >= 11 is 0. The van der Waals surface area contributed by atoms with E-state index in [9.17, 15) is 9.59 Å². The molecule has 9 nitrogen and oxygen atoms in total. The van der Waals surface area contributed by atoms with Crippen LogP contribution in [0.4, 0.5) is 0 Å². The van der Waals surface area contributed by atoms with Crippen LogP contribution in [0, 0.1) is 13.8 Å². The number of aromatic nitrogens is 6. The van der Waals surface area contributed by atoms with E-state index in [4.69, 9.17) is 4.52 Å². The highest BCUT2D eigenvalue weighted by molar-refractivity contribution is 5.50. The quantitative estimate of drug-likeness (QED) is 0.728. The summed E-state index contributed by atoms with van der Waals surface area (Å²) in [6.07, 6.45) is 1.37. The van der Waals surface area contributed by atoms with Gasteiger partial charge in [-0.15, -0.1) is 0 Å². The van der Waals surface area contributed by atoms with Gasteiger partial charge in [0.2, 0.25) is 11.7 Å². The van der Waals surface area contributed by atoms with Gasteiger partial charge < -0.3 is 9.09 Å². The van der Waals surface area contributed by atoms with E-state index in [0.717, 1.165) is 11.4 Å². The van der Waals surface area contributed by atoms with E-state index in [0.29, 0.717) is 12.4 Å². The number of hydrogen-bond donors (Lipinski definition) is 1. The maximum absolute atomic E-state index is 11.8. The van der Waals surface area contributed by atoms with Crippen LogP contribution in [0.25, 0.3) is 11.4 Å². The van der Waals surface area contributed by atoms with Crippen molar-refractivity contribution in [2.45, 2.75) is 20.4 Å². The first-order valence-corrected chi connectivity index (χ1v) is 6.58. The van der Waals surface area contributed by atoms with Gasteiger partial charge in [0.25, 0.3) is 5.56 Å². The number of H-pyrrole nitrogens is 1. The molecule has 0 saturated carbocycles. The molecule has 0 aliphatic heterocycles. The summed E-state index contributed by atoms with van der Waals surface area (Å²) in [5.74, 6) is 0.461.